The molecule has 1 heterocycles. The third kappa shape index (κ3) is 4.24. The fourth-order valence-electron chi connectivity index (χ4n) is 2.34. The van der Waals surface area contributed by atoms with E-state index < -0.39 is 23.7 Å². The Balaban J connectivity index is 2.41. The minimum absolute atomic E-state index is 0.199. The van der Waals surface area contributed by atoms with E-state index >= 15 is 0 Å². The number of hydrogen-bond acceptors (Lipinski definition) is 3. The van der Waals surface area contributed by atoms with E-state index in [1.54, 1.807) is 19.9 Å². The molecule has 0 aliphatic rings. The average Bonchev–Trinajstić information content (AvgIpc) is 2.92. The normalized spacial score (nSPS) is 11.3. The number of benzene rings is 1. The molecule has 0 aliphatic carbocycles. The van der Waals surface area contributed by atoms with Gasteiger partial charge >= 0.3 is 6.18 Å². The number of halogens is 4. The number of anilines is 1. The van der Waals surface area contributed by atoms with Crippen LogP contribution in [0.25, 0.3) is 0 Å². The molecule has 0 saturated heterocycles. The third-order valence-corrected chi connectivity index (χ3v) is 3.98. The average molecular weight is 433 g/mol. The van der Waals surface area contributed by atoms with Gasteiger partial charge in [-0.05, 0) is 31.5 Å². The lowest BCUT2D eigenvalue weighted by Crippen LogP contribution is -2.26. The van der Waals surface area contributed by atoms with E-state index in [-0.39, 0.29) is 16.9 Å². The van der Waals surface area contributed by atoms with Gasteiger partial charge in [0.15, 0.2) is 5.69 Å². The van der Waals surface area contributed by atoms with Crippen LogP contribution in [0.5, 0.6) is 0 Å². The van der Waals surface area contributed by atoms with Crippen LogP contribution in [-0.2, 0) is 13.2 Å². The first-order valence-electron chi connectivity index (χ1n) is 7.55. The molecule has 140 valence electrons. The van der Waals surface area contributed by atoms with Crippen molar-refractivity contribution in [1.29, 1.82) is 0 Å². The Morgan fingerprint density at radius 3 is 2.42 bits per heavy atom. The lowest BCUT2D eigenvalue weighted by molar-refractivity contribution is -0.141. The van der Waals surface area contributed by atoms with Crippen molar-refractivity contribution in [2.24, 2.45) is 7.05 Å². The molecule has 0 aliphatic heterocycles. The standard InChI is InChI=1S/C16H16BrF3N4O2/c1-4-21-14(25)10-6-9(17)5-8(2)13(10)22-15(26)11-7-12(16(18,19)20)23-24(11)3/h5-7H,4H2,1-3H3,(H,21,25)(H,22,26). The molecule has 2 amide bonds. The van der Waals surface area contributed by atoms with Crippen LogP contribution in [0.2, 0.25) is 0 Å². The van der Waals surface area contributed by atoms with Gasteiger partial charge in [0.25, 0.3) is 11.8 Å². The summed E-state index contributed by atoms with van der Waals surface area (Å²) in [5, 5.41) is 8.46. The summed E-state index contributed by atoms with van der Waals surface area (Å²) in [6.45, 7) is 3.80. The number of nitrogens with zero attached hydrogens (tertiary/aromatic N) is 2. The molecule has 0 unspecified atom stereocenters. The van der Waals surface area contributed by atoms with Crippen LogP contribution in [0.15, 0.2) is 22.7 Å². The van der Waals surface area contributed by atoms with Crippen molar-refractivity contribution in [2.45, 2.75) is 20.0 Å². The van der Waals surface area contributed by atoms with E-state index in [0.717, 1.165) is 4.68 Å². The van der Waals surface area contributed by atoms with Gasteiger partial charge < -0.3 is 10.6 Å². The van der Waals surface area contributed by atoms with Gasteiger partial charge in [0.05, 0.1) is 11.3 Å². The van der Waals surface area contributed by atoms with Crippen LogP contribution in [-0.4, -0.2) is 28.1 Å². The highest BCUT2D eigenvalue weighted by Gasteiger charge is 2.35. The lowest BCUT2D eigenvalue weighted by Gasteiger charge is -2.14. The smallest absolute Gasteiger partial charge is 0.352 e. The number of hydrogen-bond donors (Lipinski definition) is 2. The molecule has 0 atom stereocenters. The monoisotopic (exact) mass is 432 g/mol. The fourth-order valence-corrected chi connectivity index (χ4v) is 2.91. The maximum Gasteiger partial charge on any atom is 0.435 e. The van der Waals surface area contributed by atoms with Gasteiger partial charge in [0.1, 0.15) is 5.69 Å². The topological polar surface area (TPSA) is 76.0 Å². The Hall–Kier alpha value is -2.36. The molecule has 2 rings (SSSR count). The maximum atomic E-state index is 12.8. The zero-order valence-electron chi connectivity index (χ0n) is 14.2. The van der Waals surface area contributed by atoms with E-state index in [4.69, 9.17) is 0 Å². The molecule has 0 radical (unpaired) electrons. The van der Waals surface area contributed by atoms with Crippen LogP contribution >= 0.6 is 15.9 Å². The Bertz CT molecular complexity index is 862. The van der Waals surface area contributed by atoms with Gasteiger partial charge in [0.2, 0.25) is 0 Å². The molecule has 0 bridgehead atoms. The second-order valence-corrected chi connectivity index (χ2v) is 6.41. The van der Waals surface area contributed by atoms with Crippen molar-refractivity contribution >= 4 is 33.4 Å². The van der Waals surface area contributed by atoms with Crippen LogP contribution in [0.1, 0.15) is 39.0 Å². The number of amides is 2. The molecule has 6 nitrogen and oxygen atoms in total. The number of rotatable bonds is 4. The summed E-state index contributed by atoms with van der Waals surface area (Å²) in [6, 6.07) is 3.87. The number of nitrogens with one attached hydrogen (secondary N) is 2. The fraction of sp³-hybridized carbons (Fsp3) is 0.312. The van der Waals surface area contributed by atoms with E-state index in [1.165, 1.54) is 13.1 Å². The highest BCUT2D eigenvalue weighted by atomic mass is 79.9. The van der Waals surface area contributed by atoms with Crippen LogP contribution in [0, 0.1) is 6.92 Å². The molecule has 1 aromatic heterocycles. The second-order valence-electron chi connectivity index (χ2n) is 5.50. The number of alkyl halides is 3. The van der Waals surface area contributed by atoms with Gasteiger partial charge in [0, 0.05) is 24.1 Å². The zero-order valence-corrected chi connectivity index (χ0v) is 15.7. The SMILES string of the molecule is CCNC(=O)c1cc(Br)cc(C)c1NC(=O)c1cc(C(F)(F)F)nn1C. The molecule has 2 aromatic rings. The van der Waals surface area contributed by atoms with Crippen molar-refractivity contribution in [1.82, 2.24) is 15.1 Å². The first-order chi connectivity index (χ1) is 12.0. The summed E-state index contributed by atoms with van der Waals surface area (Å²) in [5.41, 5.74) is -0.445. The van der Waals surface area contributed by atoms with Gasteiger partial charge in [-0.1, -0.05) is 15.9 Å². The molecule has 0 fully saturated rings. The molecule has 0 saturated carbocycles. The van der Waals surface area contributed by atoms with Crippen molar-refractivity contribution in [2.75, 3.05) is 11.9 Å². The molecule has 10 heteroatoms. The van der Waals surface area contributed by atoms with E-state index in [1.807, 2.05) is 0 Å². The van der Waals surface area contributed by atoms with E-state index in [2.05, 4.69) is 31.7 Å². The summed E-state index contributed by atoms with van der Waals surface area (Å²) in [6.07, 6.45) is -4.66. The minimum atomic E-state index is -4.66. The first kappa shape index (κ1) is 20.0. The van der Waals surface area contributed by atoms with Gasteiger partial charge in [-0.15, -0.1) is 0 Å². The molecule has 1 aromatic carbocycles. The molecule has 2 N–H and O–H groups in total. The number of aromatic nitrogens is 2. The third-order valence-electron chi connectivity index (χ3n) is 3.52. The Morgan fingerprint density at radius 2 is 1.88 bits per heavy atom. The van der Waals surface area contributed by atoms with Crippen molar-refractivity contribution in [3.05, 3.63) is 45.2 Å². The summed E-state index contributed by atoms with van der Waals surface area (Å²) in [4.78, 5) is 24.7. The quantitative estimate of drug-likeness (QED) is 0.775. The summed E-state index contributed by atoms with van der Waals surface area (Å²) in [5.74, 6) is -1.21. The van der Waals surface area contributed by atoms with Crippen molar-refractivity contribution in [3.63, 3.8) is 0 Å². The van der Waals surface area contributed by atoms with E-state index in [0.29, 0.717) is 22.6 Å². The molecular weight excluding hydrogens is 417 g/mol. The highest BCUT2D eigenvalue weighted by molar-refractivity contribution is 9.10. The number of carbonyl (C=O) groups excluding carboxylic acids is 2. The summed E-state index contributed by atoms with van der Waals surface area (Å²) >= 11 is 3.28. The van der Waals surface area contributed by atoms with Gasteiger partial charge in [-0.25, -0.2) is 0 Å². The Kier molecular flexibility index (Phi) is 5.74. The highest BCUT2D eigenvalue weighted by Crippen LogP contribution is 2.29. The van der Waals surface area contributed by atoms with Crippen LogP contribution < -0.4 is 10.6 Å². The summed E-state index contributed by atoms with van der Waals surface area (Å²) < 4.78 is 39.8. The van der Waals surface area contributed by atoms with Gasteiger partial charge in [-0.3, -0.25) is 14.3 Å². The zero-order chi connectivity index (χ0) is 19.6. The second kappa shape index (κ2) is 7.48. The predicted molar refractivity (Wildman–Crippen MR) is 93.0 cm³/mol. The maximum absolute atomic E-state index is 12.8. The number of carbonyl (C=O) groups is 2. The van der Waals surface area contributed by atoms with Gasteiger partial charge in [-0.2, -0.15) is 18.3 Å². The number of aryl methyl sites for hydroxylation is 2. The molecule has 0 spiro atoms. The minimum Gasteiger partial charge on any atom is -0.352 e. The molecule has 26 heavy (non-hydrogen) atoms. The van der Waals surface area contributed by atoms with E-state index in [9.17, 15) is 22.8 Å². The Morgan fingerprint density at radius 1 is 1.23 bits per heavy atom. The van der Waals surface area contributed by atoms with Crippen molar-refractivity contribution in [3.8, 4) is 0 Å². The molecular formula is C16H16BrF3N4O2. The van der Waals surface area contributed by atoms with Crippen LogP contribution in [0.3, 0.4) is 0 Å². The summed E-state index contributed by atoms with van der Waals surface area (Å²) in [7, 11) is 1.24. The largest absolute Gasteiger partial charge is 0.435 e. The lowest BCUT2D eigenvalue weighted by atomic mass is 10.1. The first-order valence-corrected chi connectivity index (χ1v) is 8.34. The van der Waals surface area contributed by atoms with Crippen LogP contribution in [0.4, 0.5) is 18.9 Å². The Labute approximate surface area is 155 Å². The predicted octanol–water partition coefficient (Wildman–Crippen LogP) is 3.51. The van der Waals surface area contributed by atoms with Crippen molar-refractivity contribution < 1.29 is 22.8 Å².